The molecule has 0 aliphatic rings. The SMILES string of the molecule is COCCn1c(NC(=O)c2ccc(C#N)cc2)nc2cc(CO)ccc21. The third-order valence-electron chi connectivity index (χ3n) is 4.02. The van der Waals surface area contributed by atoms with Crippen molar-refractivity contribution in [2.24, 2.45) is 0 Å². The number of hydrogen-bond donors (Lipinski definition) is 2. The minimum atomic E-state index is -0.314. The van der Waals surface area contributed by atoms with Crippen LogP contribution in [-0.2, 0) is 17.9 Å². The third kappa shape index (κ3) is 3.57. The number of amides is 1. The number of nitriles is 1. The van der Waals surface area contributed by atoms with Crippen LogP contribution in [0, 0.1) is 11.3 Å². The van der Waals surface area contributed by atoms with Crippen LogP contribution in [0.2, 0.25) is 0 Å². The van der Waals surface area contributed by atoms with Gasteiger partial charge in [0, 0.05) is 19.2 Å². The lowest BCUT2D eigenvalue weighted by atomic mass is 10.1. The van der Waals surface area contributed by atoms with E-state index < -0.39 is 0 Å². The van der Waals surface area contributed by atoms with Crippen LogP contribution >= 0.6 is 0 Å². The van der Waals surface area contributed by atoms with Gasteiger partial charge in [-0.25, -0.2) is 4.98 Å². The minimum Gasteiger partial charge on any atom is -0.392 e. The van der Waals surface area contributed by atoms with E-state index in [1.54, 1.807) is 37.4 Å². The van der Waals surface area contributed by atoms with E-state index in [0.717, 1.165) is 11.1 Å². The van der Waals surface area contributed by atoms with Crippen molar-refractivity contribution in [1.29, 1.82) is 5.26 Å². The van der Waals surface area contributed by atoms with Gasteiger partial charge < -0.3 is 14.4 Å². The second kappa shape index (κ2) is 7.78. The number of rotatable bonds is 6. The van der Waals surface area contributed by atoms with Gasteiger partial charge in [-0.05, 0) is 42.0 Å². The number of hydrogen-bond acceptors (Lipinski definition) is 5. The summed E-state index contributed by atoms with van der Waals surface area (Å²) in [5, 5.41) is 21.0. The lowest BCUT2D eigenvalue weighted by Crippen LogP contribution is -2.17. The largest absolute Gasteiger partial charge is 0.392 e. The van der Waals surface area contributed by atoms with Crippen molar-refractivity contribution in [1.82, 2.24) is 9.55 Å². The van der Waals surface area contributed by atoms with Gasteiger partial charge >= 0.3 is 0 Å². The lowest BCUT2D eigenvalue weighted by Gasteiger charge is -2.10. The highest BCUT2D eigenvalue weighted by molar-refractivity contribution is 6.04. The van der Waals surface area contributed by atoms with E-state index in [-0.39, 0.29) is 12.5 Å². The van der Waals surface area contributed by atoms with E-state index >= 15 is 0 Å². The number of nitrogens with zero attached hydrogens (tertiary/aromatic N) is 3. The van der Waals surface area contributed by atoms with Crippen LogP contribution in [0.3, 0.4) is 0 Å². The van der Waals surface area contributed by atoms with E-state index in [2.05, 4.69) is 10.3 Å². The number of nitrogens with one attached hydrogen (secondary N) is 1. The molecule has 0 saturated heterocycles. The third-order valence-corrected chi connectivity index (χ3v) is 4.02. The molecule has 26 heavy (non-hydrogen) atoms. The Morgan fingerprint density at radius 2 is 2.08 bits per heavy atom. The normalized spacial score (nSPS) is 10.7. The van der Waals surface area contributed by atoms with Gasteiger partial charge in [-0.1, -0.05) is 6.07 Å². The standard InChI is InChI=1S/C19H18N4O3/c1-26-9-8-23-17-7-4-14(12-24)10-16(17)21-19(23)22-18(25)15-5-2-13(11-20)3-6-15/h2-7,10,24H,8-9,12H2,1H3,(H,21,22,25). The molecule has 0 atom stereocenters. The number of fused-ring (bicyclic) bond motifs is 1. The van der Waals surface area contributed by atoms with E-state index in [1.807, 2.05) is 22.8 Å². The number of methoxy groups -OCH3 is 1. The molecular weight excluding hydrogens is 332 g/mol. The van der Waals surface area contributed by atoms with Crippen molar-refractivity contribution in [3.8, 4) is 6.07 Å². The molecule has 0 saturated carbocycles. The number of carbonyl (C=O) groups is 1. The minimum absolute atomic E-state index is 0.0756. The van der Waals surface area contributed by atoms with Gasteiger partial charge in [-0.2, -0.15) is 5.26 Å². The van der Waals surface area contributed by atoms with Crippen LogP contribution in [0.4, 0.5) is 5.95 Å². The van der Waals surface area contributed by atoms with Crippen LogP contribution in [-0.4, -0.2) is 34.3 Å². The van der Waals surface area contributed by atoms with Crippen LogP contribution in [0.15, 0.2) is 42.5 Å². The van der Waals surface area contributed by atoms with Crippen molar-refractivity contribution >= 4 is 22.9 Å². The molecule has 1 amide bonds. The predicted molar refractivity (Wildman–Crippen MR) is 96.6 cm³/mol. The van der Waals surface area contributed by atoms with Crippen LogP contribution in [0.25, 0.3) is 11.0 Å². The summed E-state index contributed by atoms with van der Waals surface area (Å²) in [6, 6.07) is 13.9. The molecule has 7 heteroatoms. The van der Waals surface area contributed by atoms with E-state index in [4.69, 9.17) is 10.00 Å². The zero-order chi connectivity index (χ0) is 18.5. The highest BCUT2D eigenvalue weighted by atomic mass is 16.5. The van der Waals surface area contributed by atoms with Gasteiger partial charge in [0.15, 0.2) is 0 Å². The fourth-order valence-electron chi connectivity index (χ4n) is 2.65. The molecule has 0 spiro atoms. The molecule has 7 nitrogen and oxygen atoms in total. The molecule has 2 aromatic carbocycles. The first kappa shape index (κ1) is 17.6. The first-order valence-electron chi connectivity index (χ1n) is 8.06. The Morgan fingerprint density at radius 3 is 2.73 bits per heavy atom. The maximum atomic E-state index is 12.5. The maximum absolute atomic E-state index is 12.5. The number of imidazole rings is 1. The van der Waals surface area contributed by atoms with Gasteiger partial charge in [0.1, 0.15) is 0 Å². The van der Waals surface area contributed by atoms with Crippen molar-refractivity contribution in [2.45, 2.75) is 13.2 Å². The number of anilines is 1. The average molecular weight is 350 g/mol. The topological polar surface area (TPSA) is 100 Å². The molecule has 0 fully saturated rings. The molecule has 0 radical (unpaired) electrons. The summed E-state index contributed by atoms with van der Waals surface area (Å²) >= 11 is 0. The summed E-state index contributed by atoms with van der Waals surface area (Å²) in [4.78, 5) is 17.0. The summed E-state index contributed by atoms with van der Waals surface area (Å²) in [6.45, 7) is 0.912. The predicted octanol–water partition coefficient (Wildman–Crippen LogP) is 2.30. The van der Waals surface area contributed by atoms with Gasteiger partial charge in [0.25, 0.3) is 5.91 Å². The average Bonchev–Trinajstić information content (AvgIpc) is 3.02. The number of aromatic nitrogens is 2. The van der Waals surface area contributed by atoms with Crippen LogP contribution < -0.4 is 5.32 Å². The van der Waals surface area contributed by atoms with E-state index in [0.29, 0.717) is 35.7 Å². The van der Waals surface area contributed by atoms with Crippen molar-refractivity contribution in [3.05, 3.63) is 59.2 Å². The monoisotopic (exact) mass is 350 g/mol. The summed E-state index contributed by atoms with van der Waals surface area (Å²) in [5.74, 6) is 0.0901. The van der Waals surface area contributed by atoms with Crippen molar-refractivity contribution in [3.63, 3.8) is 0 Å². The molecular formula is C19H18N4O3. The second-order valence-corrected chi connectivity index (χ2v) is 5.70. The summed E-state index contributed by atoms with van der Waals surface area (Å²) in [6.07, 6.45) is 0. The molecule has 2 N–H and O–H groups in total. The summed E-state index contributed by atoms with van der Waals surface area (Å²) in [7, 11) is 1.61. The lowest BCUT2D eigenvalue weighted by molar-refractivity contribution is 0.102. The van der Waals surface area contributed by atoms with Gasteiger partial charge in [-0.15, -0.1) is 0 Å². The Morgan fingerprint density at radius 1 is 1.31 bits per heavy atom. The first-order valence-corrected chi connectivity index (χ1v) is 8.06. The fourth-order valence-corrected chi connectivity index (χ4v) is 2.65. The van der Waals surface area contributed by atoms with Crippen molar-refractivity contribution in [2.75, 3.05) is 19.0 Å². The molecule has 0 bridgehead atoms. The molecule has 0 aliphatic heterocycles. The Balaban J connectivity index is 1.94. The summed E-state index contributed by atoms with van der Waals surface area (Å²) in [5.41, 5.74) is 3.20. The molecule has 3 aromatic rings. The summed E-state index contributed by atoms with van der Waals surface area (Å²) < 4.78 is 7.01. The molecule has 1 aromatic heterocycles. The number of ether oxygens (including phenoxy) is 1. The van der Waals surface area contributed by atoms with E-state index in [1.165, 1.54) is 0 Å². The van der Waals surface area contributed by atoms with Gasteiger partial charge in [0.2, 0.25) is 5.95 Å². The number of aliphatic hydroxyl groups excluding tert-OH is 1. The quantitative estimate of drug-likeness (QED) is 0.710. The number of carbonyl (C=O) groups excluding carboxylic acids is 1. The smallest absolute Gasteiger partial charge is 0.257 e. The Bertz CT molecular complexity index is 971. The molecule has 0 unspecified atom stereocenters. The first-order chi connectivity index (χ1) is 12.7. The van der Waals surface area contributed by atoms with Crippen molar-refractivity contribution < 1.29 is 14.6 Å². The maximum Gasteiger partial charge on any atom is 0.257 e. The highest BCUT2D eigenvalue weighted by Crippen LogP contribution is 2.22. The zero-order valence-corrected chi connectivity index (χ0v) is 14.3. The Labute approximate surface area is 150 Å². The van der Waals surface area contributed by atoms with E-state index in [9.17, 15) is 9.90 Å². The Hall–Kier alpha value is -3.21. The zero-order valence-electron chi connectivity index (χ0n) is 14.3. The molecule has 1 heterocycles. The van der Waals surface area contributed by atoms with Gasteiger partial charge in [0.05, 0.1) is 35.9 Å². The number of aliphatic hydroxyl groups is 1. The second-order valence-electron chi connectivity index (χ2n) is 5.70. The molecule has 3 rings (SSSR count). The van der Waals surface area contributed by atoms with Crippen LogP contribution in [0.1, 0.15) is 21.5 Å². The van der Waals surface area contributed by atoms with Gasteiger partial charge in [-0.3, -0.25) is 10.1 Å². The Kier molecular flexibility index (Phi) is 5.27. The van der Waals surface area contributed by atoms with Crippen LogP contribution in [0.5, 0.6) is 0 Å². The molecule has 0 aliphatic carbocycles. The highest BCUT2D eigenvalue weighted by Gasteiger charge is 2.15. The molecule has 132 valence electrons. The fraction of sp³-hybridized carbons (Fsp3) is 0.211. The number of benzene rings is 2.